The lowest BCUT2D eigenvalue weighted by Gasteiger charge is -2.23. The third-order valence-electron chi connectivity index (χ3n) is 2.88. The van der Waals surface area contributed by atoms with E-state index in [1.165, 1.54) is 0 Å². The summed E-state index contributed by atoms with van der Waals surface area (Å²) in [5.41, 5.74) is 0.915. The summed E-state index contributed by atoms with van der Waals surface area (Å²) >= 11 is 0. The first-order valence-corrected chi connectivity index (χ1v) is 6.06. The van der Waals surface area contributed by atoms with Crippen molar-refractivity contribution in [1.29, 1.82) is 5.26 Å². The number of hydrogen-bond donors (Lipinski definition) is 0. The van der Waals surface area contributed by atoms with Gasteiger partial charge in [0.15, 0.2) is 11.5 Å². The number of hydrogen-bond acceptors (Lipinski definition) is 5. The summed E-state index contributed by atoms with van der Waals surface area (Å²) < 4.78 is 15.9. The van der Waals surface area contributed by atoms with Gasteiger partial charge in [-0.3, -0.25) is 0 Å². The van der Waals surface area contributed by atoms with Crippen LogP contribution in [0.3, 0.4) is 0 Å². The number of rotatable bonds is 7. The Bertz CT molecular complexity index is 455. The van der Waals surface area contributed by atoms with E-state index in [1.807, 2.05) is 18.0 Å². The molecule has 0 aliphatic carbocycles. The fraction of sp³-hybridized carbons (Fsp3) is 0.500. The molecule has 0 atom stereocenters. The van der Waals surface area contributed by atoms with E-state index in [1.54, 1.807) is 27.4 Å². The zero-order valence-corrected chi connectivity index (χ0v) is 11.9. The predicted octanol–water partition coefficient (Wildman–Crippen LogP) is 2.45. The third-order valence-corrected chi connectivity index (χ3v) is 2.88. The van der Waals surface area contributed by atoms with Crippen LogP contribution in [-0.4, -0.2) is 34.9 Å². The second-order valence-electron chi connectivity index (χ2n) is 4.06. The van der Waals surface area contributed by atoms with Gasteiger partial charge in [0.2, 0.25) is 0 Å². The van der Waals surface area contributed by atoms with Crippen LogP contribution >= 0.6 is 0 Å². The highest BCUT2D eigenvalue weighted by molar-refractivity contribution is 5.65. The quantitative estimate of drug-likeness (QED) is 0.708. The first kappa shape index (κ1) is 15.0. The van der Waals surface area contributed by atoms with Gasteiger partial charge in [0.05, 0.1) is 33.1 Å². The largest absolute Gasteiger partial charge is 0.494 e. The number of unbranched alkanes of at least 4 members (excludes halogenated alkanes) is 1. The van der Waals surface area contributed by atoms with E-state index in [4.69, 9.17) is 19.5 Å². The number of anilines is 1. The predicted molar refractivity (Wildman–Crippen MR) is 74.2 cm³/mol. The summed E-state index contributed by atoms with van der Waals surface area (Å²) in [5, 5.41) is 8.57. The Morgan fingerprint density at radius 2 is 1.63 bits per heavy atom. The molecule has 0 saturated heterocycles. The fourth-order valence-electron chi connectivity index (χ4n) is 1.83. The maximum atomic E-state index is 8.57. The summed E-state index contributed by atoms with van der Waals surface area (Å²) in [5.74, 6) is 2.01. The minimum absolute atomic E-state index is 0.542. The molecule has 0 bridgehead atoms. The van der Waals surface area contributed by atoms with E-state index < -0.39 is 0 Å². The van der Waals surface area contributed by atoms with Gasteiger partial charge in [-0.2, -0.15) is 5.26 Å². The van der Waals surface area contributed by atoms with Crippen molar-refractivity contribution < 1.29 is 14.2 Å². The van der Waals surface area contributed by atoms with E-state index in [9.17, 15) is 0 Å². The van der Waals surface area contributed by atoms with Crippen LogP contribution < -0.4 is 19.1 Å². The molecule has 0 heterocycles. The monoisotopic (exact) mass is 264 g/mol. The normalized spacial score (nSPS) is 9.63. The van der Waals surface area contributed by atoms with Crippen LogP contribution in [0.15, 0.2) is 12.1 Å². The second kappa shape index (κ2) is 7.37. The average molecular weight is 264 g/mol. The zero-order valence-electron chi connectivity index (χ0n) is 11.9. The molecule has 0 N–H and O–H groups in total. The average Bonchev–Trinajstić information content (AvgIpc) is 2.45. The molecular formula is C14H20N2O3. The zero-order chi connectivity index (χ0) is 14.3. The number of methoxy groups -OCH3 is 3. The highest BCUT2D eigenvalue weighted by Crippen LogP contribution is 2.39. The Morgan fingerprint density at radius 3 is 2.16 bits per heavy atom. The van der Waals surface area contributed by atoms with Gasteiger partial charge < -0.3 is 19.1 Å². The van der Waals surface area contributed by atoms with Crippen LogP contribution in [0.4, 0.5) is 5.69 Å². The van der Waals surface area contributed by atoms with Gasteiger partial charge in [0.25, 0.3) is 0 Å². The van der Waals surface area contributed by atoms with Crippen LogP contribution in [0, 0.1) is 11.3 Å². The number of ether oxygens (including phenoxy) is 3. The van der Waals surface area contributed by atoms with Gasteiger partial charge in [-0.05, 0) is 6.42 Å². The summed E-state index contributed by atoms with van der Waals surface area (Å²) in [6, 6.07) is 5.82. The van der Waals surface area contributed by atoms with Gasteiger partial charge in [0.1, 0.15) is 5.75 Å². The van der Waals surface area contributed by atoms with E-state index in [0.29, 0.717) is 17.9 Å². The lowest BCUT2D eigenvalue weighted by Crippen LogP contribution is -2.19. The van der Waals surface area contributed by atoms with E-state index >= 15 is 0 Å². The molecule has 104 valence electrons. The molecule has 0 aromatic heterocycles. The van der Waals surface area contributed by atoms with E-state index in [0.717, 1.165) is 24.4 Å². The summed E-state index contributed by atoms with van der Waals surface area (Å²) in [7, 11) is 6.77. The molecule has 0 aliphatic rings. The Hall–Kier alpha value is -2.09. The van der Waals surface area contributed by atoms with E-state index in [-0.39, 0.29) is 0 Å². The molecule has 0 saturated carbocycles. The van der Waals surface area contributed by atoms with Gasteiger partial charge in [-0.1, -0.05) is 0 Å². The molecule has 0 aliphatic heterocycles. The molecule has 1 rings (SSSR count). The molecule has 1 aromatic rings. The van der Waals surface area contributed by atoms with Crippen LogP contribution in [0.5, 0.6) is 17.2 Å². The fourth-order valence-corrected chi connectivity index (χ4v) is 1.83. The minimum atomic E-state index is 0.542. The maximum Gasteiger partial charge on any atom is 0.164 e. The highest BCUT2D eigenvalue weighted by Gasteiger charge is 2.14. The molecule has 1 aromatic carbocycles. The molecule has 0 unspecified atom stereocenters. The number of benzene rings is 1. The van der Waals surface area contributed by atoms with E-state index in [2.05, 4.69) is 6.07 Å². The van der Waals surface area contributed by atoms with Crippen molar-refractivity contribution in [2.45, 2.75) is 12.8 Å². The van der Waals surface area contributed by atoms with Crippen LogP contribution in [-0.2, 0) is 0 Å². The first-order valence-electron chi connectivity index (χ1n) is 6.06. The third kappa shape index (κ3) is 3.68. The second-order valence-corrected chi connectivity index (χ2v) is 4.06. The summed E-state index contributed by atoms with van der Waals surface area (Å²) in [6.45, 7) is 0.777. The topological polar surface area (TPSA) is 54.7 Å². The number of nitriles is 1. The SMILES string of the molecule is COc1cc(OC)c(N(C)CCCC#N)cc1OC. The van der Waals surface area contributed by atoms with Crippen molar-refractivity contribution in [3.05, 3.63) is 12.1 Å². The van der Waals surface area contributed by atoms with Crippen molar-refractivity contribution in [1.82, 2.24) is 0 Å². The lowest BCUT2D eigenvalue weighted by atomic mass is 10.2. The van der Waals surface area contributed by atoms with Crippen LogP contribution in [0.1, 0.15) is 12.8 Å². The molecule has 0 spiro atoms. The van der Waals surface area contributed by atoms with Gasteiger partial charge in [-0.25, -0.2) is 0 Å². The smallest absolute Gasteiger partial charge is 0.164 e. The Morgan fingerprint density at radius 1 is 1.05 bits per heavy atom. The van der Waals surface area contributed by atoms with Crippen LogP contribution in [0.2, 0.25) is 0 Å². The molecule has 19 heavy (non-hydrogen) atoms. The summed E-state index contributed by atoms with van der Waals surface area (Å²) in [6.07, 6.45) is 1.35. The van der Waals surface area contributed by atoms with Gasteiger partial charge in [-0.15, -0.1) is 0 Å². The highest BCUT2D eigenvalue weighted by atomic mass is 16.5. The van der Waals surface area contributed by atoms with Gasteiger partial charge in [0, 0.05) is 32.1 Å². The Balaban J connectivity index is 3.01. The standard InChI is InChI=1S/C14H20N2O3/c1-16(8-6-5-7-15)11-9-13(18-3)14(19-4)10-12(11)17-2/h9-10H,5-6,8H2,1-4H3. The maximum absolute atomic E-state index is 8.57. The first-order chi connectivity index (χ1) is 9.17. The lowest BCUT2D eigenvalue weighted by molar-refractivity contribution is 0.349. The van der Waals surface area contributed by atoms with Crippen molar-refractivity contribution in [3.8, 4) is 23.3 Å². The van der Waals surface area contributed by atoms with Gasteiger partial charge >= 0.3 is 0 Å². The molecule has 0 fully saturated rings. The Labute approximate surface area is 114 Å². The summed E-state index contributed by atoms with van der Waals surface area (Å²) in [4.78, 5) is 2.04. The van der Waals surface area contributed by atoms with Crippen LogP contribution in [0.25, 0.3) is 0 Å². The molecule has 0 radical (unpaired) electrons. The minimum Gasteiger partial charge on any atom is -0.494 e. The molecular weight excluding hydrogens is 244 g/mol. The Kier molecular flexibility index (Phi) is 5.80. The molecule has 0 amide bonds. The molecule has 5 nitrogen and oxygen atoms in total. The molecule has 5 heteroatoms. The van der Waals surface area contributed by atoms with Crippen molar-refractivity contribution in [2.24, 2.45) is 0 Å². The van der Waals surface area contributed by atoms with Crippen molar-refractivity contribution in [3.63, 3.8) is 0 Å². The van der Waals surface area contributed by atoms with Crippen molar-refractivity contribution in [2.75, 3.05) is 39.8 Å². The van der Waals surface area contributed by atoms with Crippen molar-refractivity contribution >= 4 is 5.69 Å². The number of nitrogens with zero attached hydrogens (tertiary/aromatic N) is 2.